The maximum atomic E-state index is 11.2. The highest BCUT2D eigenvalue weighted by Gasteiger charge is 2.23. The fraction of sp³-hybridized carbons (Fsp3) is 0.400. The van der Waals surface area contributed by atoms with E-state index in [9.17, 15) is 10.1 Å². The van der Waals surface area contributed by atoms with E-state index in [1.807, 2.05) is 18.2 Å². The van der Waals surface area contributed by atoms with Gasteiger partial charge in [-0.2, -0.15) is 0 Å². The lowest BCUT2D eigenvalue weighted by atomic mass is 10.1. The molecule has 2 aromatic rings. The van der Waals surface area contributed by atoms with Crippen molar-refractivity contribution in [1.82, 2.24) is 4.90 Å². The number of fused-ring (bicyclic) bond motifs is 1. The summed E-state index contributed by atoms with van der Waals surface area (Å²) >= 11 is 0. The predicted octanol–water partition coefficient (Wildman–Crippen LogP) is 2.73. The molecule has 1 fully saturated rings. The van der Waals surface area contributed by atoms with Crippen molar-refractivity contribution in [3.8, 4) is 11.5 Å². The van der Waals surface area contributed by atoms with Gasteiger partial charge in [0.1, 0.15) is 18.9 Å². The molecule has 0 spiro atoms. The van der Waals surface area contributed by atoms with Crippen molar-refractivity contribution >= 4 is 11.4 Å². The van der Waals surface area contributed by atoms with Crippen molar-refractivity contribution in [2.24, 2.45) is 0 Å². The molecular formula is C20H23N3O4. The number of piperazine rings is 1. The zero-order valence-electron chi connectivity index (χ0n) is 15.2. The summed E-state index contributed by atoms with van der Waals surface area (Å²) in [5.41, 5.74) is 2.14. The monoisotopic (exact) mass is 369 g/mol. The van der Waals surface area contributed by atoms with Gasteiger partial charge in [-0.1, -0.05) is 18.2 Å². The highest BCUT2D eigenvalue weighted by Crippen LogP contribution is 2.31. The van der Waals surface area contributed by atoms with Gasteiger partial charge < -0.3 is 14.4 Å². The van der Waals surface area contributed by atoms with E-state index in [2.05, 4.69) is 21.9 Å². The topological polar surface area (TPSA) is 68.1 Å². The molecule has 2 heterocycles. The van der Waals surface area contributed by atoms with Crippen LogP contribution in [0.4, 0.5) is 11.4 Å². The van der Waals surface area contributed by atoms with Crippen molar-refractivity contribution in [1.29, 1.82) is 0 Å². The zero-order valence-corrected chi connectivity index (χ0v) is 15.2. The van der Waals surface area contributed by atoms with Crippen molar-refractivity contribution in [3.63, 3.8) is 0 Å². The number of para-hydroxylation sites is 2. The fourth-order valence-corrected chi connectivity index (χ4v) is 3.63. The highest BCUT2D eigenvalue weighted by molar-refractivity contribution is 5.63. The van der Waals surface area contributed by atoms with Crippen LogP contribution in [0, 0.1) is 10.1 Å². The average Bonchev–Trinajstić information content (AvgIpc) is 2.72. The summed E-state index contributed by atoms with van der Waals surface area (Å²) in [4.78, 5) is 15.5. The van der Waals surface area contributed by atoms with Gasteiger partial charge in [-0.25, -0.2) is 0 Å². The van der Waals surface area contributed by atoms with Gasteiger partial charge in [0.2, 0.25) is 0 Å². The summed E-state index contributed by atoms with van der Waals surface area (Å²) in [7, 11) is 0. The Bertz CT molecular complexity index is 819. The summed E-state index contributed by atoms with van der Waals surface area (Å²) in [6, 6.07) is 13.1. The Morgan fingerprint density at radius 1 is 0.963 bits per heavy atom. The standard InChI is InChI=1S/C20H23N3O4/c24-23(25)18-4-2-1-3-17(18)22-11-9-21(10-12-22)8-7-16-5-6-19-20(15-16)27-14-13-26-19/h1-6,15H,7-14H2. The lowest BCUT2D eigenvalue weighted by Crippen LogP contribution is -2.47. The van der Waals surface area contributed by atoms with Gasteiger partial charge in [0.15, 0.2) is 11.5 Å². The van der Waals surface area contributed by atoms with Crippen molar-refractivity contribution < 1.29 is 14.4 Å². The average molecular weight is 369 g/mol. The number of hydrogen-bond acceptors (Lipinski definition) is 6. The molecule has 7 nitrogen and oxygen atoms in total. The second-order valence-electron chi connectivity index (χ2n) is 6.80. The molecule has 27 heavy (non-hydrogen) atoms. The lowest BCUT2D eigenvalue weighted by Gasteiger charge is -2.35. The van der Waals surface area contributed by atoms with E-state index in [-0.39, 0.29) is 10.6 Å². The van der Waals surface area contributed by atoms with Crippen molar-refractivity contribution in [3.05, 3.63) is 58.1 Å². The first-order chi connectivity index (χ1) is 13.2. The number of nitrogens with zero attached hydrogens (tertiary/aromatic N) is 3. The maximum absolute atomic E-state index is 11.2. The van der Waals surface area contributed by atoms with E-state index in [0.717, 1.165) is 50.6 Å². The predicted molar refractivity (Wildman–Crippen MR) is 103 cm³/mol. The Kier molecular flexibility index (Phi) is 5.11. The normalized spacial score (nSPS) is 17.0. The second kappa shape index (κ2) is 7.84. The molecule has 142 valence electrons. The van der Waals surface area contributed by atoms with E-state index >= 15 is 0 Å². The molecule has 0 saturated carbocycles. The van der Waals surface area contributed by atoms with Crippen LogP contribution in [0.5, 0.6) is 11.5 Å². The number of nitro benzene ring substituents is 1. The number of benzene rings is 2. The first-order valence-corrected chi connectivity index (χ1v) is 9.30. The number of nitro groups is 1. The number of hydrogen-bond donors (Lipinski definition) is 0. The molecule has 0 amide bonds. The molecule has 4 rings (SSSR count). The molecule has 0 radical (unpaired) electrons. The van der Waals surface area contributed by atoms with Gasteiger partial charge in [0.05, 0.1) is 4.92 Å². The van der Waals surface area contributed by atoms with Crippen LogP contribution in [0.15, 0.2) is 42.5 Å². The smallest absolute Gasteiger partial charge is 0.292 e. The molecule has 0 bridgehead atoms. The van der Waals surface area contributed by atoms with Crippen LogP contribution in [0.2, 0.25) is 0 Å². The first-order valence-electron chi connectivity index (χ1n) is 9.30. The molecule has 2 aromatic carbocycles. The third-order valence-electron chi connectivity index (χ3n) is 5.11. The van der Waals surface area contributed by atoms with Crippen LogP contribution < -0.4 is 14.4 Å². The minimum absolute atomic E-state index is 0.183. The molecule has 2 aliphatic rings. The molecule has 0 aliphatic carbocycles. The van der Waals surface area contributed by atoms with Gasteiger partial charge in [-0.05, 0) is 30.2 Å². The molecule has 0 N–H and O–H groups in total. The largest absolute Gasteiger partial charge is 0.486 e. The van der Waals surface area contributed by atoms with Gasteiger partial charge in [0, 0.05) is 38.8 Å². The minimum Gasteiger partial charge on any atom is -0.486 e. The maximum Gasteiger partial charge on any atom is 0.292 e. The third-order valence-corrected chi connectivity index (χ3v) is 5.11. The van der Waals surface area contributed by atoms with Gasteiger partial charge >= 0.3 is 0 Å². The van der Waals surface area contributed by atoms with E-state index in [4.69, 9.17) is 9.47 Å². The van der Waals surface area contributed by atoms with Crippen LogP contribution >= 0.6 is 0 Å². The molecule has 1 saturated heterocycles. The van der Waals surface area contributed by atoms with Gasteiger partial charge in [-0.3, -0.25) is 15.0 Å². The zero-order chi connectivity index (χ0) is 18.6. The van der Waals surface area contributed by atoms with E-state index in [1.54, 1.807) is 12.1 Å². The summed E-state index contributed by atoms with van der Waals surface area (Å²) < 4.78 is 11.2. The van der Waals surface area contributed by atoms with Crippen LogP contribution in [-0.2, 0) is 6.42 Å². The van der Waals surface area contributed by atoms with Crippen LogP contribution in [0.25, 0.3) is 0 Å². The fourth-order valence-electron chi connectivity index (χ4n) is 3.63. The number of ether oxygens (including phenoxy) is 2. The SMILES string of the molecule is O=[N+]([O-])c1ccccc1N1CCN(CCc2ccc3c(c2)OCCO3)CC1. The van der Waals surface area contributed by atoms with Gasteiger partial charge in [0.25, 0.3) is 5.69 Å². The van der Waals surface area contributed by atoms with Gasteiger partial charge in [-0.15, -0.1) is 0 Å². The summed E-state index contributed by atoms with van der Waals surface area (Å²) in [6.45, 7) is 5.57. The van der Waals surface area contributed by atoms with Crippen LogP contribution in [0.3, 0.4) is 0 Å². The molecule has 2 aliphatic heterocycles. The molecule has 0 atom stereocenters. The van der Waals surface area contributed by atoms with Crippen molar-refractivity contribution in [2.45, 2.75) is 6.42 Å². The number of anilines is 1. The Morgan fingerprint density at radius 2 is 1.70 bits per heavy atom. The minimum atomic E-state index is -0.302. The third kappa shape index (κ3) is 3.98. The Labute approximate surface area is 158 Å². The van der Waals surface area contributed by atoms with E-state index in [1.165, 1.54) is 5.56 Å². The summed E-state index contributed by atoms with van der Waals surface area (Å²) in [6.07, 6.45) is 0.947. The lowest BCUT2D eigenvalue weighted by molar-refractivity contribution is -0.384. The quantitative estimate of drug-likeness (QED) is 0.596. The molecule has 7 heteroatoms. The molecule has 0 unspecified atom stereocenters. The second-order valence-corrected chi connectivity index (χ2v) is 6.80. The number of rotatable bonds is 5. The Morgan fingerprint density at radius 3 is 2.48 bits per heavy atom. The van der Waals surface area contributed by atoms with Crippen LogP contribution in [-0.4, -0.2) is 55.8 Å². The highest BCUT2D eigenvalue weighted by atomic mass is 16.6. The van der Waals surface area contributed by atoms with E-state index < -0.39 is 0 Å². The molecular weight excluding hydrogens is 346 g/mol. The Balaban J connectivity index is 1.32. The summed E-state index contributed by atoms with van der Waals surface area (Å²) in [5.74, 6) is 1.66. The first kappa shape index (κ1) is 17.6. The van der Waals surface area contributed by atoms with Crippen LogP contribution in [0.1, 0.15) is 5.56 Å². The Hall–Kier alpha value is -2.80. The van der Waals surface area contributed by atoms with E-state index in [0.29, 0.717) is 18.9 Å². The van der Waals surface area contributed by atoms with Crippen molar-refractivity contribution in [2.75, 3.05) is 50.8 Å². The summed E-state index contributed by atoms with van der Waals surface area (Å²) in [5, 5.41) is 11.2. The molecule has 0 aromatic heterocycles.